The third-order valence-corrected chi connectivity index (χ3v) is 3.10. The molecule has 4 heteroatoms. The second kappa shape index (κ2) is 8.60. The van der Waals surface area contributed by atoms with Gasteiger partial charge in [0.2, 0.25) is 0 Å². The van der Waals surface area contributed by atoms with Gasteiger partial charge in [-0.25, -0.2) is 0 Å². The molecule has 0 amide bonds. The van der Waals surface area contributed by atoms with Gasteiger partial charge in [0.15, 0.2) is 0 Å². The molecule has 0 heterocycles. The van der Waals surface area contributed by atoms with Gasteiger partial charge in [0.25, 0.3) is 0 Å². The van der Waals surface area contributed by atoms with E-state index in [0.29, 0.717) is 12.3 Å². The summed E-state index contributed by atoms with van der Waals surface area (Å²) in [7, 11) is 0. The minimum atomic E-state index is 0.677. The lowest BCUT2D eigenvalue weighted by Crippen LogP contribution is -2.05. The molecule has 0 saturated carbocycles. The van der Waals surface area contributed by atoms with Gasteiger partial charge in [-0.3, -0.25) is 0 Å². The van der Waals surface area contributed by atoms with Gasteiger partial charge >= 0.3 is 0 Å². The molecule has 98 valence electrons. The Morgan fingerprint density at radius 3 is 3.06 bits per heavy atom. The summed E-state index contributed by atoms with van der Waals surface area (Å²) < 4.78 is 5.57. The number of thioether (sulfide) groups is 1. The molecule has 1 aromatic rings. The third kappa shape index (κ3) is 5.24. The van der Waals surface area contributed by atoms with Crippen molar-refractivity contribution in [1.82, 2.24) is 0 Å². The molecule has 0 atom stereocenters. The Morgan fingerprint density at radius 2 is 2.33 bits per heavy atom. The Bertz CT molecular complexity index is 401. The zero-order valence-electron chi connectivity index (χ0n) is 10.7. The summed E-state index contributed by atoms with van der Waals surface area (Å²) in [5.74, 6) is 5.10. The molecule has 1 rings (SSSR count). The van der Waals surface area contributed by atoms with Crippen molar-refractivity contribution in [3.63, 3.8) is 0 Å². The summed E-state index contributed by atoms with van der Waals surface area (Å²) in [6, 6.07) is 5.76. The number of hydrogen-bond donors (Lipinski definition) is 2. The van der Waals surface area contributed by atoms with E-state index >= 15 is 0 Å². The van der Waals surface area contributed by atoms with E-state index in [0.717, 1.165) is 35.9 Å². The fourth-order valence-corrected chi connectivity index (χ4v) is 1.89. The normalized spacial score (nSPS) is 9.78. The van der Waals surface area contributed by atoms with E-state index in [9.17, 15) is 0 Å². The van der Waals surface area contributed by atoms with Crippen molar-refractivity contribution in [1.29, 1.82) is 0 Å². The van der Waals surface area contributed by atoms with Gasteiger partial charge in [-0.2, -0.15) is 0 Å². The van der Waals surface area contributed by atoms with Gasteiger partial charge in [-0.15, -0.1) is 18.2 Å². The maximum Gasteiger partial charge on any atom is 0.144 e. The van der Waals surface area contributed by atoms with Gasteiger partial charge in [0.1, 0.15) is 5.75 Å². The second-order valence-electron chi connectivity index (χ2n) is 3.78. The van der Waals surface area contributed by atoms with Crippen LogP contribution in [0.2, 0.25) is 0 Å². The highest BCUT2D eigenvalue weighted by molar-refractivity contribution is 7.99. The molecule has 3 nitrogen and oxygen atoms in total. The predicted octanol–water partition coefficient (Wildman–Crippen LogP) is 2.84. The van der Waals surface area contributed by atoms with Crippen LogP contribution in [0.5, 0.6) is 5.75 Å². The molecule has 0 saturated heterocycles. The van der Waals surface area contributed by atoms with E-state index in [-0.39, 0.29) is 0 Å². The number of anilines is 2. The van der Waals surface area contributed by atoms with E-state index in [1.54, 1.807) is 11.8 Å². The van der Waals surface area contributed by atoms with Gasteiger partial charge in [-0.05, 0) is 18.6 Å². The first kappa shape index (κ1) is 14.6. The van der Waals surface area contributed by atoms with Crippen molar-refractivity contribution in [3.05, 3.63) is 18.2 Å². The van der Waals surface area contributed by atoms with Crippen LogP contribution in [0.3, 0.4) is 0 Å². The molecule has 0 unspecified atom stereocenters. The molecule has 1 aromatic carbocycles. The number of rotatable bonds is 8. The van der Waals surface area contributed by atoms with Crippen LogP contribution in [-0.2, 0) is 0 Å². The van der Waals surface area contributed by atoms with Crippen molar-refractivity contribution >= 4 is 23.1 Å². The van der Waals surface area contributed by atoms with Crippen LogP contribution in [-0.4, -0.2) is 24.7 Å². The standard InChI is InChI=1S/C14H20N2OS/c1-3-8-17-14-11-12(5-6-13(14)15)16-7-10-18-9-4-2/h2,5-6,11,16H,3,7-10,15H2,1H3. The molecule has 0 spiro atoms. The Labute approximate surface area is 113 Å². The molecule has 0 radical (unpaired) electrons. The maximum atomic E-state index is 5.85. The van der Waals surface area contributed by atoms with Gasteiger partial charge < -0.3 is 15.8 Å². The molecular weight excluding hydrogens is 244 g/mol. The summed E-state index contributed by atoms with van der Waals surface area (Å²) >= 11 is 1.74. The highest BCUT2D eigenvalue weighted by Gasteiger charge is 2.01. The molecule has 0 bridgehead atoms. The fraction of sp³-hybridized carbons (Fsp3) is 0.429. The number of benzene rings is 1. The Balaban J connectivity index is 2.43. The minimum Gasteiger partial charge on any atom is -0.491 e. The molecule has 0 aliphatic rings. The summed E-state index contributed by atoms with van der Waals surface area (Å²) in [5, 5.41) is 3.32. The van der Waals surface area contributed by atoms with E-state index in [1.807, 2.05) is 18.2 Å². The Morgan fingerprint density at radius 1 is 1.50 bits per heavy atom. The zero-order valence-corrected chi connectivity index (χ0v) is 11.6. The monoisotopic (exact) mass is 264 g/mol. The maximum absolute atomic E-state index is 5.85. The number of terminal acetylenes is 1. The Kier molecular flexibility index (Phi) is 6.97. The number of nitrogen functional groups attached to an aromatic ring is 1. The van der Waals surface area contributed by atoms with Crippen molar-refractivity contribution in [2.75, 3.05) is 35.7 Å². The second-order valence-corrected chi connectivity index (χ2v) is 4.89. The SMILES string of the molecule is C#CCSCCNc1ccc(N)c(OCCC)c1. The van der Waals surface area contributed by atoms with Crippen molar-refractivity contribution in [2.24, 2.45) is 0 Å². The summed E-state index contributed by atoms with van der Waals surface area (Å²) in [6.45, 7) is 3.64. The van der Waals surface area contributed by atoms with Crippen molar-refractivity contribution in [2.45, 2.75) is 13.3 Å². The van der Waals surface area contributed by atoms with E-state index in [4.69, 9.17) is 16.9 Å². The smallest absolute Gasteiger partial charge is 0.144 e. The highest BCUT2D eigenvalue weighted by atomic mass is 32.2. The first-order valence-corrected chi connectivity index (χ1v) is 7.20. The van der Waals surface area contributed by atoms with Crippen LogP contribution in [0.1, 0.15) is 13.3 Å². The lowest BCUT2D eigenvalue weighted by molar-refractivity contribution is 0.319. The summed E-state index contributed by atoms with van der Waals surface area (Å²) in [5.41, 5.74) is 7.55. The van der Waals surface area contributed by atoms with Crippen LogP contribution < -0.4 is 15.8 Å². The molecular formula is C14H20N2OS. The lowest BCUT2D eigenvalue weighted by atomic mass is 10.2. The van der Waals surface area contributed by atoms with Crippen LogP contribution >= 0.6 is 11.8 Å². The van der Waals surface area contributed by atoms with Crippen molar-refractivity contribution < 1.29 is 4.74 Å². The predicted molar refractivity (Wildman–Crippen MR) is 81.3 cm³/mol. The van der Waals surface area contributed by atoms with E-state index in [2.05, 4.69) is 18.2 Å². The molecule has 0 fully saturated rings. The average molecular weight is 264 g/mol. The summed E-state index contributed by atoms with van der Waals surface area (Å²) in [4.78, 5) is 0. The number of nitrogens with two attached hydrogens (primary N) is 1. The quantitative estimate of drug-likeness (QED) is 0.430. The van der Waals surface area contributed by atoms with Gasteiger partial charge in [0, 0.05) is 24.1 Å². The third-order valence-electron chi connectivity index (χ3n) is 2.24. The van der Waals surface area contributed by atoms with E-state index < -0.39 is 0 Å². The molecule has 0 aromatic heterocycles. The van der Waals surface area contributed by atoms with Crippen LogP contribution in [0.15, 0.2) is 18.2 Å². The number of nitrogens with one attached hydrogen (secondary N) is 1. The highest BCUT2D eigenvalue weighted by Crippen LogP contribution is 2.25. The molecule has 18 heavy (non-hydrogen) atoms. The van der Waals surface area contributed by atoms with E-state index in [1.165, 1.54) is 0 Å². The lowest BCUT2D eigenvalue weighted by Gasteiger charge is -2.11. The Hall–Kier alpha value is -1.47. The summed E-state index contributed by atoms with van der Waals surface area (Å²) in [6.07, 6.45) is 6.16. The first-order valence-electron chi connectivity index (χ1n) is 6.05. The fourth-order valence-electron chi connectivity index (χ4n) is 1.38. The van der Waals surface area contributed by atoms with Crippen LogP contribution in [0, 0.1) is 12.3 Å². The van der Waals surface area contributed by atoms with Crippen LogP contribution in [0.25, 0.3) is 0 Å². The minimum absolute atomic E-state index is 0.677. The van der Waals surface area contributed by atoms with Crippen LogP contribution in [0.4, 0.5) is 11.4 Å². The number of hydrogen-bond acceptors (Lipinski definition) is 4. The first-order chi connectivity index (χ1) is 8.77. The van der Waals surface area contributed by atoms with Gasteiger partial charge in [-0.1, -0.05) is 12.8 Å². The molecule has 3 N–H and O–H groups in total. The average Bonchev–Trinajstić information content (AvgIpc) is 2.39. The molecule has 0 aliphatic carbocycles. The largest absolute Gasteiger partial charge is 0.491 e. The van der Waals surface area contributed by atoms with Gasteiger partial charge in [0.05, 0.1) is 18.0 Å². The topological polar surface area (TPSA) is 47.3 Å². The zero-order chi connectivity index (χ0) is 13.2. The van der Waals surface area contributed by atoms with Crippen molar-refractivity contribution in [3.8, 4) is 18.1 Å². The number of ether oxygens (including phenoxy) is 1. The molecule has 0 aliphatic heterocycles.